The summed E-state index contributed by atoms with van der Waals surface area (Å²) in [6.07, 6.45) is 4.70. The Morgan fingerprint density at radius 1 is 1.43 bits per heavy atom. The highest BCUT2D eigenvalue weighted by atomic mass is 79.9. The maximum Gasteiger partial charge on any atom is 0.162 e. The van der Waals surface area contributed by atoms with E-state index < -0.39 is 11.4 Å². The van der Waals surface area contributed by atoms with Crippen LogP contribution in [-0.4, -0.2) is 10.1 Å². The first-order chi connectivity index (χ1) is 6.63. The summed E-state index contributed by atoms with van der Waals surface area (Å²) in [7, 11) is 0. The Kier molecular flexibility index (Phi) is 2.58. The van der Waals surface area contributed by atoms with Gasteiger partial charge in [-0.3, -0.25) is 0 Å². The third-order valence-electron chi connectivity index (χ3n) is 2.78. The second-order valence-corrected chi connectivity index (χ2v) is 4.45. The molecule has 4 heteroatoms. The number of rotatable bonds is 1. The lowest BCUT2D eigenvalue weighted by atomic mass is 9.93. The fourth-order valence-corrected chi connectivity index (χ4v) is 2.34. The van der Waals surface area contributed by atoms with Crippen LogP contribution < -0.4 is 0 Å². The average Bonchev–Trinajstić information content (AvgIpc) is 2.58. The number of pyridine rings is 1. The first kappa shape index (κ1) is 10.1. The molecule has 0 aromatic carbocycles. The molecule has 0 amide bonds. The summed E-state index contributed by atoms with van der Waals surface area (Å²) in [5.41, 5.74) is -0.605. The molecule has 2 nitrogen and oxygen atoms in total. The maximum atomic E-state index is 13.6. The van der Waals surface area contributed by atoms with Gasteiger partial charge in [0.05, 0.1) is 5.60 Å². The number of aromatic nitrogens is 1. The van der Waals surface area contributed by atoms with Gasteiger partial charge < -0.3 is 5.11 Å². The largest absolute Gasteiger partial charge is 0.385 e. The van der Waals surface area contributed by atoms with Crippen LogP contribution in [0.1, 0.15) is 31.2 Å². The van der Waals surface area contributed by atoms with E-state index in [-0.39, 0.29) is 4.60 Å². The van der Waals surface area contributed by atoms with E-state index in [0.717, 1.165) is 12.8 Å². The minimum atomic E-state index is -0.977. The van der Waals surface area contributed by atoms with Crippen LogP contribution >= 0.6 is 15.9 Å². The Morgan fingerprint density at radius 2 is 2.07 bits per heavy atom. The fourth-order valence-electron chi connectivity index (χ4n) is 2.01. The number of hydrogen-bond donors (Lipinski definition) is 1. The molecule has 0 bridgehead atoms. The highest BCUT2D eigenvalue weighted by molar-refractivity contribution is 9.10. The van der Waals surface area contributed by atoms with Crippen molar-refractivity contribution in [2.24, 2.45) is 0 Å². The normalized spacial score (nSPS) is 19.9. The van der Waals surface area contributed by atoms with E-state index in [9.17, 15) is 9.50 Å². The Labute approximate surface area is 90.3 Å². The van der Waals surface area contributed by atoms with Gasteiger partial charge in [0, 0.05) is 11.8 Å². The number of nitrogens with zero attached hydrogens (tertiary/aromatic N) is 1. The molecule has 0 radical (unpaired) electrons. The Bertz CT molecular complexity index is 350. The molecule has 1 N–H and O–H groups in total. The van der Waals surface area contributed by atoms with Gasteiger partial charge in [-0.25, -0.2) is 9.37 Å². The van der Waals surface area contributed by atoms with Crippen LogP contribution in [0.2, 0.25) is 0 Å². The van der Waals surface area contributed by atoms with Crippen molar-refractivity contribution in [3.63, 3.8) is 0 Å². The van der Waals surface area contributed by atoms with Crippen molar-refractivity contribution in [3.8, 4) is 0 Å². The lowest BCUT2D eigenvalue weighted by Gasteiger charge is -2.23. The monoisotopic (exact) mass is 259 g/mol. The standard InChI is InChI=1S/C10H11BrFNO/c11-9-8(12)7(3-6-13-9)10(14)4-1-2-5-10/h3,6,14H,1-2,4-5H2. The molecule has 76 valence electrons. The van der Waals surface area contributed by atoms with E-state index in [1.54, 1.807) is 6.07 Å². The van der Waals surface area contributed by atoms with Gasteiger partial charge in [-0.05, 0) is 34.8 Å². The quantitative estimate of drug-likeness (QED) is 0.787. The van der Waals surface area contributed by atoms with E-state index in [4.69, 9.17) is 0 Å². The zero-order chi connectivity index (χ0) is 10.2. The summed E-state index contributed by atoms with van der Waals surface area (Å²) in [5.74, 6) is -0.433. The Balaban J connectivity index is 2.45. The van der Waals surface area contributed by atoms with Gasteiger partial charge in [-0.15, -0.1) is 0 Å². The van der Waals surface area contributed by atoms with Crippen LogP contribution in [0.15, 0.2) is 16.9 Å². The molecule has 1 fully saturated rings. The van der Waals surface area contributed by atoms with Gasteiger partial charge in [-0.1, -0.05) is 12.8 Å². The van der Waals surface area contributed by atoms with E-state index in [2.05, 4.69) is 20.9 Å². The molecule has 2 rings (SSSR count). The Hall–Kier alpha value is -0.480. The molecule has 0 atom stereocenters. The van der Waals surface area contributed by atoms with Crippen LogP contribution in [0, 0.1) is 5.82 Å². The van der Waals surface area contributed by atoms with Crippen LogP contribution in [0.5, 0.6) is 0 Å². The summed E-state index contributed by atoms with van der Waals surface area (Å²) >= 11 is 3.02. The molecule has 1 saturated carbocycles. The smallest absolute Gasteiger partial charge is 0.162 e. The average molecular weight is 260 g/mol. The molecule has 0 unspecified atom stereocenters. The third-order valence-corrected chi connectivity index (χ3v) is 3.33. The van der Waals surface area contributed by atoms with Gasteiger partial charge >= 0.3 is 0 Å². The van der Waals surface area contributed by atoms with E-state index in [0.29, 0.717) is 18.4 Å². The molecular weight excluding hydrogens is 249 g/mol. The topological polar surface area (TPSA) is 33.1 Å². The van der Waals surface area contributed by atoms with Gasteiger partial charge in [0.1, 0.15) is 4.60 Å². The number of hydrogen-bond acceptors (Lipinski definition) is 2. The minimum absolute atomic E-state index is 0.176. The summed E-state index contributed by atoms with van der Waals surface area (Å²) in [4.78, 5) is 3.77. The van der Waals surface area contributed by atoms with Crippen molar-refractivity contribution in [1.29, 1.82) is 0 Å². The van der Waals surface area contributed by atoms with Crippen molar-refractivity contribution < 1.29 is 9.50 Å². The Morgan fingerprint density at radius 3 is 2.71 bits per heavy atom. The second kappa shape index (κ2) is 3.59. The molecule has 0 aliphatic heterocycles. The molecule has 1 heterocycles. The summed E-state index contributed by atoms with van der Waals surface area (Å²) in [6.45, 7) is 0. The molecule has 0 saturated heterocycles. The molecule has 1 aliphatic rings. The summed E-state index contributed by atoms with van der Waals surface area (Å²) < 4.78 is 13.8. The van der Waals surface area contributed by atoms with Crippen LogP contribution in [-0.2, 0) is 5.60 Å². The summed E-state index contributed by atoms with van der Waals surface area (Å²) in [6, 6.07) is 1.56. The van der Waals surface area contributed by atoms with Gasteiger partial charge in [0.2, 0.25) is 0 Å². The lowest BCUT2D eigenvalue weighted by Crippen LogP contribution is -2.22. The van der Waals surface area contributed by atoms with Crippen molar-refractivity contribution in [2.75, 3.05) is 0 Å². The molecular formula is C10H11BrFNO. The second-order valence-electron chi connectivity index (χ2n) is 3.70. The predicted octanol–water partition coefficient (Wildman–Crippen LogP) is 2.74. The highest BCUT2D eigenvalue weighted by Gasteiger charge is 2.35. The fraction of sp³-hybridized carbons (Fsp3) is 0.500. The van der Waals surface area contributed by atoms with Gasteiger partial charge in [0.15, 0.2) is 5.82 Å². The van der Waals surface area contributed by atoms with Crippen molar-refractivity contribution >= 4 is 15.9 Å². The first-order valence-electron chi connectivity index (χ1n) is 4.66. The van der Waals surface area contributed by atoms with E-state index in [1.165, 1.54) is 6.20 Å². The molecule has 1 aromatic heterocycles. The van der Waals surface area contributed by atoms with Crippen LogP contribution in [0.4, 0.5) is 4.39 Å². The highest BCUT2D eigenvalue weighted by Crippen LogP contribution is 2.40. The number of aliphatic hydroxyl groups is 1. The lowest BCUT2D eigenvalue weighted by molar-refractivity contribution is 0.0405. The van der Waals surface area contributed by atoms with Crippen LogP contribution in [0.3, 0.4) is 0 Å². The molecule has 0 spiro atoms. The van der Waals surface area contributed by atoms with Crippen molar-refractivity contribution in [1.82, 2.24) is 4.98 Å². The van der Waals surface area contributed by atoms with E-state index >= 15 is 0 Å². The zero-order valence-corrected chi connectivity index (χ0v) is 9.22. The molecule has 1 aromatic rings. The van der Waals surface area contributed by atoms with Gasteiger partial charge in [-0.2, -0.15) is 0 Å². The van der Waals surface area contributed by atoms with Crippen molar-refractivity contribution in [3.05, 3.63) is 28.2 Å². The number of halogens is 2. The van der Waals surface area contributed by atoms with E-state index in [1.807, 2.05) is 0 Å². The SMILES string of the molecule is OC1(c2ccnc(Br)c2F)CCCC1. The van der Waals surface area contributed by atoms with Crippen LogP contribution in [0.25, 0.3) is 0 Å². The first-order valence-corrected chi connectivity index (χ1v) is 5.46. The van der Waals surface area contributed by atoms with Crippen molar-refractivity contribution in [2.45, 2.75) is 31.3 Å². The molecule has 1 aliphatic carbocycles. The van der Waals surface area contributed by atoms with Gasteiger partial charge in [0.25, 0.3) is 0 Å². The maximum absolute atomic E-state index is 13.6. The zero-order valence-electron chi connectivity index (χ0n) is 7.63. The summed E-state index contributed by atoms with van der Waals surface area (Å²) in [5, 5.41) is 10.2. The molecule has 14 heavy (non-hydrogen) atoms. The third kappa shape index (κ3) is 1.57. The minimum Gasteiger partial charge on any atom is -0.385 e. The predicted molar refractivity (Wildman–Crippen MR) is 54.3 cm³/mol.